The third-order valence-electron chi connectivity index (χ3n) is 4.68. The highest BCUT2D eigenvalue weighted by Gasteiger charge is 2.07. The number of anilines is 2. The zero-order valence-corrected chi connectivity index (χ0v) is 16.8. The molecule has 3 aromatic carbocycles. The average molecular weight is 418 g/mol. The maximum absolute atomic E-state index is 13.3. The molecule has 0 saturated heterocycles. The van der Waals surface area contributed by atoms with E-state index in [0.717, 1.165) is 27.9 Å². The second kappa shape index (κ2) is 8.88. The monoisotopic (exact) mass is 418 g/mol. The molecule has 0 saturated carbocycles. The molecule has 150 valence electrons. The molecule has 1 aromatic heterocycles. The number of thiazole rings is 1. The standard InChI is InChI=1S/C24H19FN2O2S/c25-20-2-1-3-21(14-20)26-24-27-22(15-30-24)19-11-9-18(10-12-19)17-7-4-16(5-8-17)6-13-23(28)29/h1-5,7-12,14-15H,6,13H2,(H,26,27)(H,28,29). The summed E-state index contributed by atoms with van der Waals surface area (Å²) < 4.78 is 13.3. The third-order valence-corrected chi connectivity index (χ3v) is 5.43. The Bertz CT molecular complexity index is 1150. The highest BCUT2D eigenvalue weighted by Crippen LogP contribution is 2.29. The van der Waals surface area contributed by atoms with Gasteiger partial charge in [-0.3, -0.25) is 4.79 Å². The van der Waals surface area contributed by atoms with E-state index in [1.165, 1.54) is 23.5 Å². The van der Waals surface area contributed by atoms with Crippen LogP contribution < -0.4 is 5.32 Å². The Labute approximate surface area is 177 Å². The molecular weight excluding hydrogens is 399 g/mol. The summed E-state index contributed by atoms with van der Waals surface area (Å²) in [6.07, 6.45) is 0.669. The van der Waals surface area contributed by atoms with Crippen molar-refractivity contribution >= 4 is 28.1 Å². The summed E-state index contributed by atoms with van der Waals surface area (Å²) in [5, 5.41) is 14.6. The lowest BCUT2D eigenvalue weighted by molar-refractivity contribution is -0.136. The number of rotatable bonds is 7. The molecule has 0 unspecified atom stereocenters. The molecule has 4 rings (SSSR count). The summed E-state index contributed by atoms with van der Waals surface area (Å²) in [6.45, 7) is 0. The van der Waals surface area contributed by atoms with E-state index in [2.05, 4.69) is 10.3 Å². The van der Waals surface area contributed by atoms with Gasteiger partial charge in [0.25, 0.3) is 0 Å². The van der Waals surface area contributed by atoms with Crippen LogP contribution in [0.3, 0.4) is 0 Å². The smallest absolute Gasteiger partial charge is 0.303 e. The molecular formula is C24H19FN2O2S. The van der Waals surface area contributed by atoms with Gasteiger partial charge in [0.1, 0.15) is 5.82 Å². The molecule has 0 aliphatic carbocycles. The molecule has 0 aliphatic rings. The van der Waals surface area contributed by atoms with E-state index in [4.69, 9.17) is 5.11 Å². The van der Waals surface area contributed by atoms with Crippen LogP contribution in [0, 0.1) is 5.82 Å². The molecule has 4 aromatic rings. The minimum Gasteiger partial charge on any atom is -0.481 e. The van der Waals surface area contributed by atoms with Gasteiger partial charge in [0.05, 0.1) is 5.69 Å². The summed E-state index contributed by atoms with van der Waals surface area (Å²) in [4.78, 5) is 15.3. The van der Waals surface area contributed by atoms with Crippen LogP contribution in [-0.2, 0) is 11.2 Å². The van der Waals surface area contributed by atoms with Crippen molar-refractivity contribution in [1.82, 2.24) is 4.98 Å². The second-order valence-corrected chi connectivity index (χ2v) is 7.70. The van der Waals surface area contributed by atoms with Crippen LogP contribution in [0.2, 0.25) is 0 Å². The number of carboxylic acid groups (broad SMARTS) is 1. The Morgan fingerprint density at radius 2 is 1.63 bits per heavy atom. The molecule has 30 heavy (non-hydrogen) atoms. The minimum atomic E-state index is -0.786. The van der Waals surface area contributed by atoms with E-state index in [0.29, 0.717) is 17.2 Å². The van der Waals surface area contributed by atoms with Crippen molar-refractivity contribution < 1.29 is 14.3 Å². The number of aryl methyl sites for hydroxylation is 1. The number of hydrogen-bond acceptors (Lipinski definition) is 4. The quantitative estimate of drug-likeness (QED) is 0.366. The first kappa shape index (κ1) is 19.8. The van der Waals surface area contributed by atoms with Gasteiger partial charge in [-0.05, 0) is 41.3 Å². The molecule has 0 spiro atoms. The normalized spacial score (nSPS) is 10.7. The highest BCUT2D eigenvalue weighted by atomic mass is 32.1. The topological polar surface area (TPSA) is 62.2 Å². The van der Waals surface area contributed by atoms with Gasteiger partial charge in [-0.25, -0.2) is 9.37 Å². The summed E-state index contributed by atoms with van der Waals surface area (Å²) in [6, 6.07) is 22.4. The van der Waals surface area contributed by atoms with Gasteiger partial charge in [-0.15, -0.1) is 11.3 Å². The summed E-state index contributed by atoms with van der Waals surface area (Å²) in [5.74, 6) is -1.08. The van der Waals surface area contributed by atoms with E-state index in [1.807, 2.05) is 53.9 Å². The zero-order valence-electron chi connectivity index (χ0n) is 16.0. The lowest BCUT2D eigenvalue weighted by Crippen LogP contribution is -1.97. The van der Waals surface area contributed by atoms with Crippen molar-refractivity contribution in [1.29, 1.82) is 0 Å². The molecule has 4 nitrogen and oxygen atoms in total. The lowest BCUT2D eigenvalue weighted by atomic mass is 10.0. The minimum absolute atomic E-state index is 0.137. The number of aromatic nitrogens is 1. The summed E-state index contributed by atoms with van der Waals surface area (Å²) >= 11 is 1.47. The first-order valence-corrected chi connectivity index (χ1v) is 10.3. The Kier molecular flexibility index (Phi) is 5.86. The highest BCUT2D eigenvalue weighted by molar-refractivity contribution is 7.14. The van der Waals surface area contributed by atoms with Crippen LogP contribution in [-0.4, -0.2) is 16.1 Å². The number of nitrogens with zero attached hydrogens (tertiary/aromatic N) is 1. The van der Waals surface area contributed by atoms with Crippen molar-refractivity contribution in [3.63, 3.8) is 0 Å². The average Bonchev–Trinajstić information content (AvgIpc) is 3.21. The number of benzene rings is 3. The Morgan fingerprint density at radius 1 is 0.967 bits per heavy atom. The predicted molar refractivity (Wildman–Crippen MR) is 119 cm³/mol. The van der Waals surface area contributed by atoms with Gasteiger partial charge < -0.3 is 10.4 Å². The lowest BCUT2D eigenvalue weighted by Gasteiger charge is -2.05. The predicted octanol–water partition coefficient (Wildman–Crippen LogP) is 6.38. The number of carbonyl (C=O) groups is 1. The first-order chi connectivity index (χ1) is 14.6. The number of nitrogens with one attached hydrogen (secondary N) is 1. The molecule has 0 atom stereocenters. The largest absolute Gasteiger partial charge is 0.481 e. The first-order valence-electron chi connectivity index (χ1n) is 9.46. The third kappa shape index (κ3) is 4.90. The number of halogens is 1. The van der Waals surface area contributed by atoms with Crippen LogP contribution in [0.1, 0.15) is 12.0 Å². The molecule has 1 heterocycles. The van der Waals surface area contributed by atoms with E-state index in [1.54, 1.807) is 12.1 Å². The molecule has 0 radical (unpaired) electrons. The van der Waals surface area contributed by atoms with Crippen LogP contribution in [0.5, 0.6) is 0 Å². The maximum Gasteiger partial charge on any atom is 0.303 e. The fraction of sp³-hybridized carbons (Fsp3) is 0.0833. The molecule has 0 amide bonds. The van der Waals surface area contributed by atoms with E-state index >= 15 is 0 Å². The molecule has 0 aliphatic heterocycles. The maximum atomic E-state index is 13.3. The Morgan fingerprint density at radius 3 is 2.30 bits per heavy atom. The van der Waals surface area contributed by atoms with E-state index in [9.17, 15) is 9.18 Å². The summed E-state index contributed by atoms with van der Waals surface area (Å²) in [7, 11) is 0. The van der Waals surface area contributed by atoms with Gasteiger partial charge in [-0.2, -0.15) is 0 Å². The van der Waals surface area contributed by atoms with Gasteiger partial charge in [-0.1, -0.05) is 54.6 Å². The summed E-state index contributed by atoms with van der Waals surface area (Å²) in [5.41, 5.74) is 5.69. The van der Waals surface area contributed by atoms with E-state index < -0.39 is 5.97 Å². The fourth-order valence-electron chi connectivity index (χ4n) is 3.10. The fourth-order valence-corrected chi connectivity index (χ4v) is 3.84. The Balaban J connectivity index is 1.45. The number of aliphatic carboxylic acids is 1. The second-order valence-electron chi connectivity index (χ2n) is 6.84. The molecule has 0 bridgehead atoms. The van der Waals surface area contributed by atoms with Gasteiger partial charge in [0, 0.05) is 23.1 Å². The zero-order chi connectivity index (χ0) is 20.9. The van der Waals surface area contributed by atoms with Crippen molar-refractivity contribution in [3.05, 3.63) is 89.6 Å². The van der Waals surface area contributed by atoms with Crippen LogP contribution >= 0.6 is 11.3 Å². The molecule has 0 fully saturated rings. The van der Waals surface area contributed by atoms with Crippen molar-refractivity contribution in [3.8, 4) is 22.4 Å². The molecule has 2 N–H and O–H groups in total. The Hall–Kier alpha value is -3.51. The van der Waals surface area contributed by atoms with Crippen LogP contribution in [0.15, 0.2) is 78.2 Å². The van der Waals surface area contributed by atoms with Crippen molar-refractivity contribution in [2.24, 2.45) is 0 Å². The van der Waals surface area contributed by atoms with Gasteiger partial charge >= 0.3 is 5.97 Å². The van der Waals surface area contributed by atoms with E-state index in [-0.39, 0.29) is 12.2 Å². The van der Waals surface area contributed by atoms with Crippen LogP contribution in [0.25, 0.3) is 22.4 Å². The van der Waals surface area contributed by atoms with Crippen molar-refractivity contribution in [2.45, 2.75) is 12.8 Å². The SMILES string of the molecule is O=C(O)CCc1ccc(-c2ccc(-c3csc(Nc4cccc(F)c4)n3)cc2)cc1. The molecule has 6 heteroatoms. The van der Waals surface area contributed by atoms with Gasteiger partial charge in [0.15, 0.2) is 5.13 Å². The van der Waals surface area contributed by atoms with Crippen molar-refractivity contribution in [2.75, 3.05) is 5.32 Å². The number of carboxylic acids is 1. The number of hydrogen-bond donors (Lipinski definition) is 2. The van der Waals surface area contributed by atoms with Gasteiger partial charge in [0.2, 0.25) is 0 Å². The van der Waals surface area contributed by atoms with Crippen LogP contribution in [0.4, 0.5) is 15.2 Å².